The lowest BCUT2D eigenvalue weighted by atomic mass is 10.1. The van der Waals surface area contributed by atoms with Gasteiger partial charge in [-0.15, -0.1) is 0 Å². The molecule has 0 fully saturated rings. The standard InChI is InChI=1S/C15H11ClFNO/c16-14-4-2-1-3-12(14)10-19-9-11-5-6-15(17)13(7-11)8-18/h1-7H,9-10H2. The maximum atomic E-state index is 13.1. The van der Waals surface area contributed by atoms with Crippen LogP contribution in [0.25, 0.3) is 0 Å². The van der Waals surface area contributed by atoms with Crippen molar-refractivity contribution in [2.75, 3.05) is 0 Å². The van der Waals surface area contributed by atoms with Gasteiger partial charge >= 0.3 is 0 Å². The van der Waals surface area contributed by atoms with Crippen molar-refractivity contribution in [1.82, 2.24) is 0 Å². The largest absolute Gasteiger partial charge is 0.372 e. The Bertz CT molecular complexity index is 622. The van der Waals surface area contributed by atoms with Crippen LogP contribution < -0.4 is 0 Å². The van der Waals surface area contributed by atoms with Crippen LogP contribution in [-0.2, 0) is 18.0 Å². The first-order chi connectivity index (χ1) is 9.20. The van der Waals surface area contributed by atoms with Crippen molar-refractivity contribution in [3.8, 4) is 6.07 Å². The molecule has 19 heavy (non-hydrogen) atoms. The molecular formula is C15H11ClFNO. The smallest absolute Gasteiger partial charge is 0.140 e. The first-order valence-electron chi connectivity index (χ1n) is 5.70. The average molecular weight is 276 g/mol. The number of nitrogens with zero attached hydrogens (tertiary/aromatic N) is 1. The summed E-state index contributed by atoms with van der Waals surface area (Å²) < 4.78 is 18.6. The molecule has 0 atom stereocenters. The van der Waals surface area contributed by atoms with E-state index in [4.69, 9.17) is 21.6 Å². The summed E-state index contributed by atoms with van der Waals surface area (Å²) in [6.45, 7) is 0.680. The fourth-order valence-corrected chi connectivity index (χ4v) is 1.83. The third kappa shape index (κ3) is 3.54. The first-order valence-corrected chi connectivity index (χ1v) is 6.08. The second-order valence-electron chi connectivity index (χ2n) is 4.01. The Kier molecular flexibility index (Phi) is 4.51. The molecule has 0 unspecified atom stereocenters. The molecule has 2 aromatic rings. The Balaban J connectivity index is 1.97. The Hall–Kier alpha value is -1.89. The van der Waals surface area contributed by atoms with E-state index in [1.54, 1.807) is 18.2 Å². The Morgan fingerprint density at radius 3 is 2.68 bits per heavy atom. The molecule has 96 valence electrons. The molecule has 0 amide bonds. The molecule has 0 heterocycles. The summed E-state index contributed by atoms with van der Waals surface area (Å²) in [6, 6.07) is 13.6. The second-order valence-corrected chi connectivity index (χ2v) is 4.42. The van der Waals surface area contributed by atoms with Crippen LogP contribution in [0.4, 0.5) is 4.39 Å². The van der Waals surface area contributed by atoms with Crippen LogP contribution in [0.2, 0.25) is 5.02 Å². The van der Waals surface area contributed by atoms with Gasteiger partial charge in [0.1, 0.15) is 11.9 Å². The third-order valence-electron chi connectivity index (χ3n) is 2.64. The number of hydrogen-bond donors (Lipinski definition) is 0. The van der Waals surface area contributed by atoms with Gasteiger partial charge in [0.25, 0.3) is 0 Å². The van der Waals surface area contributed by atoms with Crippen molar-refractivity contribution in [2.45, 2.75) is 13.2 Å². The highest BCUT2D eigenvalue weighted by atomic mass is 35.5. The fraction of sp³-hybridized carbons (Fsp3) is 0.133. The van der Waals surface area contributed by atoms with E-state index in [0.717, 1.165) is 11.1 Å². The number of benzene rings is 2. The van der Waals surface area contributed by atoms with E-state index in [0.29, 0.717) is 18.2 Å². The maximum Gasteiger partial charge on any atom is 0.140 e. The first kappa shape index (κ1) is 13.5. The zero-order valence-corrected chi connectivity index (χ0v) is 10.8. The number of nitriles is 1. The minimum atomic E-state index is -0.516. The van der Waals surface area contributed by atoms with Gasteiger partial charge < -0.3 is 4.74 Å². The van der Waals surface area contributed by atoms with Gasteiger partial charge in [-0.25, -0.2) is 4.39 Å². The molecule has 2 aromatic carbocycles. The van der Waals surface area contributed by atoms with E-state index < -0.39 is 5.82 Å². The highest BCUT2D eigenvalue weighted by molar-refractivity contribution is 6.31. The van der Waals surface area contributed by atoms with Gasteiger partial charge in [0.05, 0.1) is 18.8 Å². The molecule has 0 bridgehead atoms. The topological polar surface area (TPSA) is 33.0 Å². The van der Waals surface area contributed by atoms with Crippen molar-refractivity contribution in [2.24, 2.45) is 0 Å². The molecule has 0 spiro atoms. The number of hydrogen-bond acceptors (Lipinski definition) is 2. The molecule has 0 radical (unpaired) electrons. The van der Waals surface area contributed by atoms with Gasteiger partial charge in [-0.2, -0.15) is 5.26 Å². The van der Waals surface area contributed by atoms with E-state index in [9.17, 15) is 4.39 Å². The quantitative estimate of drug-likeness (QED) is 0.843. The highest BCUT2D eigenvalue weighted by Crippen LogP contribution is 2.17. The van der Waals surface area contributed by atoms with Crippen molar-refractivity contribution in [3.63, 3.8) is 0 Å². The van der Waals surface area contributed by atoms with Crippen molar-refractivity contribution < 1.29 is 9.13 Å². The van der Waals surface area contributed by atoms with Crippen LogP contribution in [-0.4, -0.2) is 0 Å². The SMILES string of the molecule is N#Cc1cc(COCc2ccccc2Cl)ccc1F. The van der Waals surface area contributed by atoms with Crippen LogP contribution in [0.5, 0.6) is 0 Å². The normalized spacial score (nSPS) is 10.2. The van der Waals surface area contributed by atoms with Gasteiger partial charge in [0, 0.05) is 5.02 Å². The number of ether oxygens (including phenoxy) is 1. The second kappa shape index (κ2) is 6.33. The van der Waals surface area contributed by atoms with Crippen molar-refractivity contribution in [3.05, 3.63) is 70.0 Å². The lowest BCUT2D eigenvalue weighted by Gasteiger charge is -2.06. The van der Waals surface area contributed by atoms with Crippen LogP contribution in [0.15, 0.2) is 42.5 Å². The van der Waals surface area contributed by atoms with E-state index in [1.165, 1.54) is 12.1 Å². The molecule has 0 aromatic heterocycles. The zero-order chi connectivity index (χ0) is 13.7. The maximum absolute atomic E-state index is 13.1. The van der Waals surface area contributed by atoms with Crippen LogP contribution >= 0.6 is 11.6 Å². The van der Waals surface area contributed by atoms with Gasteiger partial charge in [0.15, 0.2) is 0 Å². The Labute approximate surface area is 116 Å². The molecule has 0 saturated heterocycles. The average Bonchev–Trinajstić information content (AvgIpc) is 2.43. The highest BCUT2D eigenvalue weighted by Gasteiger charge is 2.04. The van der Waals surface area contributed by atoms with Crippen molar-refractivity contribution >= 4 is 11.6 Å². The molecule has 0 aliphatic carbocycles. The summed E-state index contributed by atoms with van der Waals surface area (Å²) in [4.78, 5) is 0. The van der Waals surface area contributed by atoms with E-state index in [-0.39, 0.29) is 5.56 Å². The summed E-state index contributed by atoms with van der Waals surface area (Å²) in [7, 11) is 0. The minimum absolute atomic E-state index is 0.0267. The van der Waals surface area contributed by atoms with Crippen molar-refractivity contribution in [1.29, 1.82) is 5.26 Å². The van der Waals surface area contributed by atoms with E-state index in [1.807, 2.05) is 18.2 Å². The van der Waals surface area contributed by atoms with Gasteiger partial charge in [-0.3, -0.25) is 0 Å². The zero-order valence-electron chi connectivity index (χ0n) is 10.1. The third-order valence-corrected chi connectivity index (χ3v) is 3.00. The molecule has 2 rings (SSSR count). The summed E-state index contributed by atoms with van der Waals surface area (Å²) in [5.74, 6) is -0.516. The molecule has 0 aliphatic rings. The monoisotopic (exact) mass is 275 g/mol. The summed E-state index contributed by atoms with van der Waals surface area (Å²) >= 11 is 6.00. The number of rotatable bonds is 4. The fourth-order valence-electron chi connectivity index (χ4n) is 1.64. The molecular weight excluding hydrogens is 265 g/mol. The predicted octanol–water partition coefficient (Wildman–Crippen LogP) is 4.07. The van der Waals surface area contributed by atoms with E-state index >= 15 is 0 Å². The lowest BCUT2D eigenvalue weighted by Crippen LogP contribution is -1.96. The summed E-state index contributed by atoms with van der Waals surface area (Å²) in [5, 5.41) is 9.39. The van der Waals surface area contributed by atoms with Gasteiger partial charge in [-0.05, 0) is 29.3 Å². The summed E-state index contributed by atoms with van der Waals surface area (Å²) in [5.41, 5.74) is 1.68. The Morgan fingerprint density at radius 2 is 1.95 bits per heavy atom. The molecule has 0 aliphatic heterocycles. The van der Waals surface area contributed by atoms with Crippen LogP contribution in [0, 0.1) is 17.1 Å². The molecule has 2 nitrogen and oxygen atoms in total. The number of halogens is 2. The van der Waals surface area contributed by atoms with Gasteiger partial charge in [-0.1, -0.05) is 35.9 Å². The lowest BCUT2D eigenvalue weighted by molar-refractivity contribution is 0.107. The summed E-state index contributed by atoms with van der Waals surface area (Å²) in [6.07, 6.45) is 0. The van der Waals surface area contributed by atoms with Gasteiger partial charge in [0.2, 0.25) is 0 Å². The van der Waals surface area contributed by atoms with Crippen LogP contribution in [0.3, 0.4) is 0 Å². The Morgan fingerprint density at radius 1 is 1.16 bits per heavy atom. The van der Waals surface area contributed by atoms with Crippen LogP contribution in [0.1, 0.15) is 16.7 Å². The molecule has 0 N–H and O–H groups in total. The predicted molar refractivity (Wildman–Crippen MR) is 71.1 cm³/mol. The van der Waals surface area contributed by atoms with E-state index in [2.05, 4.69) is 0 Å². The molecule has 0 saturated carbocycles. The minimum Gasteiger partial charge on any atom is -0.372 e. The molecule has 4 heteroatoms.